The molecule has 5 nitrogen and oxygen atoms in total. The Morgan fingerprint density at radius 2 is 0.967 bits per heavy atom. The Kier molecular flexibility index (Phi) is 16.6. The maximum atomic E-state index is 13.8. The van der Waals surface area contributed by atoms with Crippen molar-refractivity contribution < 1.29 is 19.1 Å². The first-order chi connectivity index (χ1) is 27.7. The van der Waals surface area contributed by atoms with Crippen LogP contribution < -0.4 is 14.8 Å². The van der Waals surface area contributed by atoms with E-state index in [9.17, 15) is 9.59 Å². The number of ketones is 1. The number of Topliss-reactive ketones (excluding diaryl/α,β-unsaturated/α-hetero) is 1. The second-order valence-corrected chi connectivity index (χ2v) is 24.2. The van der Waals surface area contributed by atoms with Gasteiger partial charge < -0.3 is 14.8 Å². The molecule has 0 saturated carbocycles. The van der Waals surface area contributed by atoms with Crippen molar-refractivity contribution in [3.05, 3.63) is 70.8 Å². The molecule has 4 rings (SSSR count). The van der Waals surface area contributed by atoms with Crippen molar-refractivity contribution in [3.8, 4) is 11.5 Å². The summed E-state index contributed by atoms with van der Waals surface area (Å²) in [5.74, 6) is 4.50. The number of carbonyl (C=O) groups excluding carboxylic acids is 2. The second-order valence-electron chi connectivity index (χ2n) is 24.2. The maximum Gasteiger partial charge on any atom is 0.256 e. The zero-order chi connectivity index (χ0) is 44.8. The average molecular weight is 824 g/mol. The van der Waals surface area contributed by atoms with E-state index in [0.29, 0.717) is 76.4 Å². The molecule has 60 heavy (non-hydrogen) atoms. The van der Waals surface area contributed by atoms with Crippen LogP contribution in [0.15, 0.2) is 59.7 Å². The summed E-state index contributed by atoms with van der Waals surface area (Å²) in [6.07, 6.45) is 9.54. The van der Waals surface area contributed by atoms with Crippen LogP contribution in [0, 0.1) is 57.2 Å². The van der Waals surface area contributed by atoms with Gasteiger partial charge in [0.05, 0.1) is 30.1 Å². The fourth-order valence-corrected chi connectivity index (χ4v) is 10.4. The van der Waals surface area contributed by atoms with Gasteiger partial charge >= 0.3 is 0 Å². The van der Waals surface area contributed by atoms with E-state index in [1.165, 1.54) is 25.7 Å². The van der Waals surface area contributed by atoms with Crippen molar-refractivity contribution in [2.75, 3.05) is 13.2 Å². The highest BCUT2D eigenvalue weighted by molar-refractivity contribution is 6.31. The molecule has 2 aromatic carbocycles. The molecule has 1 aliphatic carbocycles. The summed E-state index contributed by atoms with van der Waals surface area (Å²) in [6.45, 7) is 38.7. The van der Waals surface area contributed by atoms with E-state index < -0.39 is 0 Å². The van der Waals surface area contributed by atoms with Crippen molar-refractivity contribution in [2.24, 2.45) is 57.2 Å². The molecular weight excluding hydrogens is 739 g/mol. The molecule has 2 aliphatic rings. The highest BCUT2D eigenvalue weighted by Crippen LogP contribution is 2.44. The van der Waals surface area contributed by atoms with Gasteiger partial charge in [-0.15, -0.1) is 0 Å². The number of nitrogens with one attached hydrogen (secondary N) is 1. The van der Waals surface area contributed by atoms with Crippen molar-refractivity contribution in [2.45, 2.75) is 169 Å². The molecule has 0 saturated heterocycles. The molecule has 6 atom stereocenters. The van der Waals surface area contributed by atoms with E-state index in [1.54, 1.807) is 0 Å². The molecule has 1 heterocycles. The van der Waals surface area contributed by atoms with Gasteiger partial charge in [0, 0.05) is 12.0 Å². The van der Waals surface area contributed by atoms with Crippen LogP contribution in [0.3, 0.4) is 0 Å². The number of benzene rings is 2. The Morgan fingerprint density at radius 1 is 0.550 bits per heavy atom. The zero-order valence-corrected chi connectivity index (χ0v) is 41.0. The number of allylic oxidation sites excluding steroid dienone is 1. The fraction of sp³-hybridized carbons (Fsp3) is 0.673. The van der Waals surface area contributed by atoms with Gasteiger partial charge in [0.2, 0.25) is 0 Å². The van der Waals surface area contributed by atoms with Crippen LogP contribution in [-0.2, 0) is 9.59 Å². The maximum absolute atomic E-state index is 13.8. The van der Waals surface area contributed by atoms with E-state index in [-0.39, 0.29) is 28.9 Å². The number of hydrogen-bond acceptors (Lipinski definition) is 4. The highest BCUT2D eigenvalue weighted by Gasteiger charge is 2.41. The third-order valence-electron chi connectivity index (χ3n) is 12.6. The zero-order valence-electron chi connectivity index (χ0n) is 41.0. The topological polar surface area (TPSA) is 64.6 Å². The lowest BCUT2D eigenvalue weighted by atomic mass is 9.76. The van der Waals surface area contributed by atoms with E-state index in [2.05, 4.69) is 116 Å². The molecule has 0 fully saturated rings. The molecule has 334 valence electrons. The standard InChI is InChI=1S/C55H85NO4/c1-36(30-52(5,6)7)23-25-42(38(3)32-54(11,12)13)34-59-44-21-17-19-40(27-44)46-29-47(57)49-48(46)51(58)56-50(49)41-20-18-22-45(28-41)60-35-43(39(4)33-55(14,15)16)26-24-37(2)31-53(8,9)10/h17-22,27-28,36-39,42-43H,23-26,29-35H2,1-16H3,(H,56,58). The number of fused-ring (bicyclic) bond motifs is 1. The number of hydrogen-bond donors (Lipinski definition) is 1. The molecule has 1 N–H and O–H groups in total. The van der Waals surface area contributed by atoms with Crippen LogP contribution in [-0.4, -0.2) is 24.9 Å². The van der Waals surface area contributed by atoms with Crippen LogP contribution in [0.2, 0.25) is 0 Å². The van der Waals surface area contributed by atoms with E-state index in [1.807, 2.05) is 48.5 Å². The summed E-state index contributed by atoms with van der Waals surface area (Å²) in [6, 6.07) is 15.9. The summed E-state index contributed by atoms with van der Waals surface area (Å²) in [4.78, 5) is 27.6. The number of ether oxygens (including phenoxy) is 2. The summed E-state index contributed by atoms with van der Waals surface area (Å²) < 4.78 is 13.2. The Balaban J connectivity index is 1.53. The molecule has 0 aromatic heterocycles. The molecule has 0 bridgehead atoms. The first-order valence-corrected chi connectivity index (χ1v) is 23.5. The predicted octanol–water partition coefficient (Wildman–Crippen LogP) is 14.8. The van der Waals surface area contributed by atoms with Crippen molar-refractivity contribution in [1.82, 2.24) is 5.32 Å². The second kappa shape index (κ2) is 20.2. The summed E-state index contributed by atoms with van der Waals surface area (Å²) >= 11 is 0. The predicted molar refractivity (Wildman–Crippen MR) is 254 cm³/mol. The van der Waals surface area contributed by atoms with E-state index >= 15 is 0 Å². The lowest BCUT2D eigenvalue weighted by Gasteiger charge is -2.31. The quantitative estimate of drug-likeness (QED) is 0.144. The highest BCUT2D eigenvalue weighted by atomic mass is 16.5. The molecule has 1 amide bonds. The fourth-order valence-electron chi connectivity index (χ4n) is 10.4. The summed E-state index contributed by atoms with van der Waals surface area (Å²) in [5, 5.41) is 3.09. The lowest BCUT2D eigenvalue weighted by molar-refractivity contribution is -0.116. The van der Waals surface area contributed by atoms with Crippen LogP contribution in [0.4, 0.5) is 0 Å². The van der Waals surface area contributed by atoms with Crippen LogP contribution >= 0.6 is 0 Å². The third kappa shape index (κ3) is 15.5. The molecule has 6 unspecified atom stereocenters. The Morgan fingerprint density at radius 3 is 1.40 bits per heavy atom. The normalized spacial score (nSPS) is 18.3. The summed E-state index contributed by atoms with van der Waals surface area (Å²) in [7, 11) is 0. The largest absolute Gasteiger partial charge is 0.493 e. The van der Waals surface area contributed by atoms with Crippen molar-refractivity contribution in [1.29, 1.82) is 0 Å². The Bertz CT molecular complexity index is 1690. The summed E-state index contributed by atoms with van der Waals surface area (Å²) in [5.41, 5.74) is 5.12. The van der Waals surface area contributed by atoms with Crippen molar-refractivity contribution >= 4 is 23.0 Å². The van der Waals surface area contributed by atoms with Gasteiger partial charge in [-0.1, -0.05) is 148 Å². The Hall–Kier alpha value is -3.34. The SMILES string of the molecule is CC(CCC(COc1cccc(C2=C3C(=O)NC(c4cccc(OCC(CCC(C)CC(C)(C)C)C(C)CC(C)(C)C)c4)=C3C(=O)C2)c1)C(C)CC(C)(C)C)CC(C)(C)C. The molecule has 1 aliphatic heterocycles. The van der Waals surface area contributed by atoms with Gasteiger partial charge in [-0.05, 0) is 131 Å². The molecular formula is C55H85NO4. The van der Waals surface area contributed by atoms with E-state index in [4.69, 9.17) is 9.47 Å². The molecule has 0 radical (unpaired) electrons. The van der Waals surface area contributed by atoms with Gasteiger partial charge in [-0.2, -0.15) is 0 Å². The minimum absolute atomic E-state index is 0.0353. The van der Waals surface area contributed by atoms with Gasteiger partial charge in [0.1, 0.15) is 11.5 Å². The van der Waals surface area contributed by atoms with Gasteiger partial charge in [0.15, 0.2) is 5.78 Å². The molecule has 2 aromatic rings. The molecule has 5 heteroatoms. The third-order valence-corrected chi connectivity index (χ3v) is 12.6. The number of carbonyl (C=O) groups is 2. The first-order valence-electron chi connectivity index (χ1n) is 23.5. The average Bonchev–Trinajstić information content (AvgIpc) is 3.62. The minimum atomic E-state index is -0.223. The van der Waals surface area contributed by atoms with Crippen molar-refractivity contribution in [3.63, 3.8) is 0 Å². The number of amides is 1. The van der Waals surface area contributed by atoms with Crippen LogP contribution in [0.25, 0.3) is 11.3 Å². The van der Waals surface area contributed by atoms with Gasteiger partial charge in [-0.25, -0.2) is 0 Å². The van der Waals surface area contributed by atoms with Gasteiger partial charge in [-0.3, -0.25) is 9.59 Å². The van der Waals surface area contributed by atoms with Crippen LogP contribution in [0.1, 0.15) is 180 Å². The smallest absolute Gasteiger partial charge is 0.256 e. The monoisotopic (exact) mass is 824 g/mol. The lowest BCUT2D eigenvalue weighted by Crippen LogP contribution is -2.25. The van der Waals surface area contributed by atoms with Crippen LogP contribution in [0.5, 0.6) is 11.5 Å². The number of rotatable bonds is 20. The Labute approximate surface area is 367 Å². The molecule has 0 spiro atoms. The van der Waals surface area contributed by atoms with E-state index in [0.717, 1.165) is 53.9 Å². The first kappa shape index (κ1) is 49.3. The minimum Gasteiger partial charge on any atom is -0.493 e. The van der Waals surface area contributed by atoms with Gasteiger partial charge in [0.25, 0.3) is 5.91 Å².